The van der Waals surface area contributed by atoms with Crippen molar-refractivity contribution in [1.29, 1.82) is 0 Å². The minimum Gasteiger partial charge on any atom is -0.481 e. The monoisotopic (exact) mass is 374 g/mol. The quantitative estimate of drug-likeness (QED) is 0.750. The molecule has 0 saturated heterocycles. The molecule has 7 heteroatoms. The number of carboxylic acids is 1. The van der Waals surface area contributed by atoms with Gasteiger partial charge in [0.05, 0.1) is 16.1 Å². The molecule has 2 unspecified atom stereocenters. The van der Waals surface area contributed by atoms with Gasteiger partial charge in [-0.15, -0.1) is 0 Å². The lowest BCUT2D eigenvalue weighted by atomic mass is 9.85. The lowest BCUT2D eigenvalue weighted by Gasteiger charge is -2.27. The van der Waals surface area contributed by atoms with E-state index in [1.165, 1.54) is 0 Å². The van der Waals surface area contributed by atoms with Crippen molar-refractivity contribution in [2.75, 3.05) is 5.32 Å². The maximum Gasteiger partial charge on any atom is 0.319 e. The Morgan fingerprint density at radius 3 is 2.86 bits per heavy atom. The highest BCUT2D eigenvalue weighted by Crippen LogP contribution is 2.38. The van der Waals surface area contributed by atoms with Crippen LogP contribution >= 0.6 is 27.5 Å². The van der Waals surface area contributed by atoms with E-state index in [0.717, 1.165) is 10.9 Å². The van der Waals surface area contributed by atoms with Gasteiger partial charge in [-0.3, -0.25) is 4.79 Å². The summed E-state index contributed by atoms with van der Waals surface area (Å²) in [6, 6.07) is 4.28. The molecule has 1 fully saturated rings. The molecule has 2 rings (SSSR count). The molecule has 0 bridgehead atoms. The second kappa shape index (κ2) is 6.23. The first-order valence-electron chi connectivity index (χ1n) is 6.59. The van der Waals surface area contributed by atoms with E-state index in [9.17, 15) is 14.7 Å². The van der Waals surface area contributed by atoms with Crippen molar-refractivity contribution in [1.82, 2.24) is 5.32 Å². The number of amides is 2. The van der Waals surface area contributed by atoms with Crippen LogP contribution in [0.3, 0.4) is 0 Å². The Morgan fingerprint density at radius 2 is 2.19 bits per heavy atom. The highest BCUT2D eigenvalue weighted by atomic mass is 79.9. The molecule has 1 aliphatic carbocycles. The fourth-order valence-electron chi connectivity index (χ4n) is 2.56. The number of halogens is 2. The number of hydrogen-bond acceptors (Lipinski definition) is 2. The molecular formula is C14H16BrClN2O3. The molecule has 0 radical (unpaired) electrons. The topological polar surface area (TPSA) is 78.4 Å². The Bertz CT molecular complexity index is 581. The van der Waals surface area contributed by atoms with Gasteiger partial charge in [0, 0.05) is 10.5 Å². The van der Waals surface area contributed by atoms with Crippen LogP contribution in [-0.4, -0.2) is 23.1 Å². The normalized spacial score (nSPS) is 24.6. The standard InChI is InChI=1S/C14H16BrClN2O3/c1-14(12(19)20)6-2-3-11(14)18-13(21)17-10-7-8(15)4-5-9(10)16/h4-5,7,11H,2-3,6H2,1H3,(H,19,20)(H2,17,18,21). The number of carboxylic acid groups (broad SMARTS) is 1. The van der Waals surface area contributed by atoms with Gasteiger partial charge >= 0.3 is 12.0 Å². The third-order valence-electron chi connectivity index (χ3n) is 3.93. The Balaban J connectivity index is 2.05. The number of carbonyl (C=O) groups is 2. The van der Waals surface area contributed by atoms with Crippen molar-refractivity contribution >= 4 is 45.2 Å². The average molecular weight is 376 g/mol. The number of anilines is 1. The first-order valence-corrected chi connectivity index (χ1v) is 7.76. The molecular weight excluding hydrogens is 360 g/mol. The fourth-order valence-corrected chi connectivity index (χ4v) is 3.09. The van der Waals surface area contributed by atoms with Crippen LogP contribution in [-0.2, 0) is 4.79 Å². The molecule has 1 aliphatic rings. The van der Waals surface area contributed by atoms with Crippen LogP contribution in [0.25, 0.3) is 0 Å². The van der Waals surface area contributed by atoms with E-state index in [4.69, 9.17) is 11.6 Å². The van der Waals surface area contributed by atoms with Gasteiger partial charge in [-0.1, -0.05) is 34.0 Å². The van der Waals surface area contributed by atoms with Crippen LogP contribution in [0.4, 0.5) is 10.5 Å². The summed E-state index contributed by atoms with van der Waals surface area (Å²) in [7, 11) is 0. The molecule has 1 aromatic rings. The van der Waals surface area contributed by atoms with Crippen LogP contribution in [0.2, 0.25) is 5.02 Å². The van der Waals surface area contributed by atoms with Crippen molar-refractivity contribution in [3.05, 3.63) is 27.7 Å². The first kappa shape index (κ1) is 16.1. The largest absolute Gasteiger partial charge is 0.481 e. The molecule has 1 aromatic carbocycles. The molecule has 0 spiro atoms. The molecule has 21 heavy (non-hydrogen) atoms. The maximum atomic E-state index is 12.1. The Kier molecular flexibility index (Phi) is 4.78. The summed E-state index contributed by atoms with van der Waals surface area (Å²) in [5.74, 6) is -0.884. The highest BCUT2D eigenvalue weighted by molar-refractivity contribution is 9.10. The third-order valence-corrected chi connectivity index (χ3v) is 4.75. The van der Waals surface area contributed by atoms with Gasteiger partial charge in [0.1, 0.15) is 0 Å². The van der Waals surface area contributed by atoms with E-state index in [-0.39, 0.29) is 6.04 Å². The smallest absolute Gasteiger partial charge is 0.319 e. The first-order chi connectivity index (χ1) is 9.83. The average Bonchev–Trinajstić information content (AvgIpc) is 2.77. The predicted octanol–water partition coefficient (Wildman–Crippen LogP) is 3.87. The zero-order valence-electron chi connectivity index (χ0n) is 11.5. The van der Waals surface area contributed by atoms with Crippen molar-refractivity contribution in [3.63, 3.8) is 0 Å². The Hall–Kier alpha value is -1.27. The zero-order chi connectivity index (χ0) is 15.6. The van der Waals surface area contributed by atoms with E-state index in [2.05, 4.69) is 26.6 Å². The van der Waals surface area contributed by atoms with Gasteiger partial charge in [-0.05, 0) is 38.0 Å². The summed E-state index contributed by atoms with van der Waals surface area (Å²) in [5.41, 5.74) is -0.447. The van der Waals surface area contributed by atoms with Crippen molar-refractivity contribution in [2.24, 2.45) is 5.41 Å². The van der Waals surface area contributed by atoms with Crippen molar-refractivity contribution in [3.8, 4) is 0 Å². The number of urea groups is 1. The van der Waals surface area contributed by atoms with Crippen LogP contribution in [0.1, 0.15) is 26.2 Å². The van der Waals surface area contributed by atoms with Gasteiger partial charge in [0.15, 0.2) is 0 Å². The molecule has 1 saturated carbocycles. The summed E-state index contributed by atoms with van der Waals surface area (Å²) in [6.07, 6.45) is 2.00. The van der Waals surface area contributed by atoms with E-state index in [1.54, 1.807) is 25.1 Å². The van der Waals surface area contributed by atoms with Crippen molar-refractivity contribution < 1.29 is 14.7 Å². The molecule has 114 valence electrons. The zero-order valence-corrected chi connectivity index (χ0v) is 13.8. The minimum absolute atomic E-state index is 0.388. The molecule has 0 aromatic heterocycles. The summed E-state index contributed by atoms with van der Waals surface area (Å²) in [5, 5.41) is 15.1. The highest BCUT2D eigenvalue weighted by Gasteiger charge is 2.45. The summed E-state index contributed by atoms with van der Waals surface area (Å²) < 4.78 is 0.790. The fraction of sp³-hybridized carbons (Fsp3) is 0.429. The number of aliphatic carboxylic acids is 1. The van der Waals surface area contributed by atoms with Crippen LogP contribution in [0.5, 0.6) is 0 Å². The molecule has 0 heterocycles. The molecule has 0 aliphatic heterocycles. The third kappa shape index (κ3) is 3.49. The SMILES string of the molecule is CC1(C(=O)O)CCCC1NC(=O)Nc1cc(Br)ccc1Cl. The minimum atomic E-state index is -0.918. The van der Waals surface area contributed by atoms with E-state index >= 15 is 0 Å². The number of nitrogens with one attached hydrogen (secondary N) is 2. The molecule has 3 N–H and O–H groups in total. The second-order valence-corrected chi connectivity index (χ2v) is 6.71. The molecule has 2 atom stereocenters. The number of hydrogen-bond donors (Lipinski definition) is 3. The number of rotatable bonds is 3. The number of carbonyl (C=O) groups excluding carboxylic acids is 1. The maximum absolute atomic E-state index is 12.1. The van der Waals surface area contributed by atoms with Gasteiger partial charge in [0.2, 0.25) is 0 Å². The van der Waals surface area contributed by atoms with E-state index in [0.29, 0.717) is 23.6 Å². The predicted molar refractivity (Wildman–Crippen MR) is 84.7 cm³/mol. The summed E-state index contributed by atoms with van der Waals surface area (Å²) in [6.45, 7) is 1.67. The van der Waals surface area contributed by atoms with Crippen LogP contribution in [0.15, 0.2) is 22.7 Å². The van der Waals surface area contributed by atoms with E-state index < -0.39 is 17.4 Å². The van der Waals surface area contributed by atoms with Crippen LogP contribution < -0.4 is 10.6 Å². The summed E-state index contributed by atoms with van der Waals surface area (Å²) in [4.78, 5) is 23.4. The van der Waals surface area contributed by atoms with Gasteiger partial charge < -0.3 is 15.7 Å². The Labute approximate surface area is 136 Å². The van der Waals surface area contributed by atoms with Crippen LogP contribution in [0, 0.1) is 5.41 Å². The van der Waals surface area contributed by atoms with Gasteiger partial charge in [-0.2, -0.15) is 0 Å². The lowest BCUT2D eigenvalue weighted by molar-refractivity contribution is -0.148. The van der Waals surface area contributed by atoms with Crippen molar-refractivity contribution in [2.45, 2.75) is 32.2 Å². The molecule has 2 amide bonds. The number of benzene rings is 1. The van der Waals surface area contributed by atoms with Gasteiger partial charge in [0.25, 0.3) is 0 Å². The van der Waals surface area contributed by atoms with Gasteiger partial charge in [-0.25, -0.2) is 4.79 Å². The Morgan fingerprint density at radius 1 is 1.48 bits per heavy atom. The van der Waals surface area contributed by atoms with E-state index in [1.807, 2.05) is 0 Å². The summed E-state index contributed by atoms with van der Waals surface area (Å²) >= 11 is 9.31. The lowest BCUT2D eigenvalue weighted by Crippen LogP contribution is -2.48. The second-order valence-electron chi connectivity index (χ2n) is 5.39. The molecule has 5 nitrogen and oxygen atoms in total.